The van der Waals surface area contributed by atoms with Gasteiger partial charge in [-0.1, -0.05) is 6.58 Å². The summed E-state index contributed by atoms with van der Waals surface area (Å²) in [5.41, 5.74) is 0.392. The maximum absolute atomic E-state index is 11.5. The largest absolute Gasteiger partial charge is 0.462 e. The number of hydrogen-bond acceptors (Lipinski definition) is 6. The Bertz CT molecular complexity index is 427. The minimum atomic E-state index is -1.84. The van der Waals surface area contributed by atoms with Gasteiger partial charge in [0.25, 0.3) is 9.04 Å². The Morgan fingerprint density at radius 3 is 2.00 bits per heavy atom. The second kappa shape index (κ2) is 11.5. The third kappa shape index (κ3) is 13.8. The molecule has 0 aromatic heterocycles. The van der Waals surface area contributed by atoms with Crippen molar-refractivity contribution in [2.45, 2.75) is 77.6 Å². The number of aliphatic hydroxyl groups is 1. The lowest BCUT2D eigenvalue weighted by Crippen LogP contribution is -2.49. The molecule has 0 amide bonds. The van der Waals surface area contributed by atoms with Crippen LogP contribution in [0, 0.1) is 0 Å². The van der Waals surface area contributed by atoms with E-state index in [1.807, 2.05) is 0 Å². The fraction of sp³-hybridized carbons (Fsp3) is 0.824. The summed E-state index contributed by atoms with van der Waals surface area (Å²) in [5, 5.41) is 9.60. The van der Waals surface area contributed by atoms with E-state index in [0.29, 0.717) is 24.6 Å². The third-order valence-electron chi connectivity index (χ3n) is 2.84. The van der Waals surface area contributed by atoms with Crippen molar-refractivity contribution >= 4 is 31.6 Å². The van der Waals surface area contributed by atoms with Gasteiger partial charge in [0.15, 0.2) is 22.5 Å². The first kappa shape index (κ1) is 25.7. The van der Waals surface area contributed by atoms with Gasteiger partial charge in [0, 0.05) is 5.57 Å². The van der Waals surface area contributed by atoms with Crippen LogP contribution in [0.5, 0.6) is 0 Å². The number of rotatable bonds is 13. The number of ether oxygens (including phenoxy) is 1. The Balaban J connectivity index is 4.98. The van der Waals surface area contributed by atoms with Crippen molar-refractivity contribution in [3.63, 3.8) is 0 Å². The highest BCUT2D eigenvalue weighted by Crippen LogP contribution is 2.20. The molecule has 1 radical (unpaired) electrons. The first-order valence-corrected chi connectivity index (χ1v) is 17.6. The third-order valence-corrected chi connectivity index (χ3v) is 7.30. The molecular weight excluding hydrogens is 384 g/mol. The summed E-state index contributed by atoms with van der Waals surface area (Å²) in [6.45, 7) is 20.2. The lowest BCUT2D eigenvalue weighted by molar-refractivity contribution is -0.138. The van der Waals surface area contributed by atoms with E-state index in [0.717, 1.165) is 0 Å². The van der Waals surface area contributed by atoms with Gasteiger partial charge in [0.2, 0.25) is 0 Å². The molecule has 6 nitrogen and oxygen atoms in total. The number of carbonyl (C=O) groups is 1. The van der Waals surface area contributed by atoms with E-state index in [1.54, 1.807) is 13.8 Å². The number of esters is 1. The summed E-state index contributed by atoms with van der Waals surface area (Å²) in [6, 6.07) is 0.709. The smallest absolute Gasteiger partial charge is 0.333 e. The van der Waals surface area contributed by atoms with E-state index in [9.17, 15) is 9.90 Å². The zero-order valence-corrected chi connectivity index (χ0v) is 20.7. The number of hydrogen-bond donors (Lipinski definition) is 1. The fourth-order valence-electron chi connectivity index (χ4n) is 1.82. The fourth-order valence-corrected chi connectivity index (χ4v) is 7.93. The molecule has 0 rings (SSSR count). The molecule has 0 aliphatic heterocycles. The van der Waals surface area contributed by atoms with Gasteiger partial charge in [0.05, 0.1) is 19.3 Å². The maximum Gasteiger partial charge on any atom is 0.333 e. The monoisotopic (exact) mass is 421 g/mol. The second-order valence-corrected chi connectivity index (χ2v) is 19.6. The first-order valence-electron chi connectivity index (χ1n) is 9.06. The van der Waals surface area contributed by atoms with Gasteiger partial charge < -0.3 is 23.1 Å². The maximum atomic E-state index is 11.5. The predicted molar refractivity (Wildman–Crippen MR) is 111 cm³/mol. The Hall–Kier alpha value is -0.299. The van der Waals surface area contributed by atoms with Crippen LogP contribution < -0.4 is 0 Å². The summed E-state index contributed by atoms with van der Waals surface area (Å²) < 4.78 is 23.8. The average molecular weight is 422 g/mol. The molecule has 0 aliphatic carbocycles. The lowest BCUT2D eigenvalue weighted by Gasteiger charge is -2.35. The van der Waals surface area contributed by atoms with Crippen LogP contribution >= 0.6 is 0 Å². The zero-order chi connectivity index (χ0) is 20.5. The molecule has 153 valence electrons. The molecule has 26 heavy (non-hydrogen) atoms. The Morgan fingerprint density at radius 2 is 1.62 bits per heavy atom. The lowest BCUT2D eigenvalue weighted by atomic mass is 10.4. The first-order chi connectivity index (χ1) is 11.7. The molecule has 9 heteroatoms. The van der Waals surface area contributed by atoms with Gasteiger partial charge in [-0.25, -0.2) is 4.79 Å². The Kier molecular flexibility index (Phi) is 11.4. The van der Waals surface area contributed by atoms with Crippen molar-refractivity contribution in [1.82, 2.24) is 0 Å². The standard InChI is InChI=1S/C17H37O6Si3/c1-14(2)16(19)20-11-10-12-24(21-13-15(3)18)17(22-25(4,5)6)23-26(7,8)9/h15,17-18H,1,10-13H2,2-9H3. The van der Waals surface area contributed by atoms with Gasteiger partial charge in [-0.05, 0) is 65.6 Å². The molecule has 0 aromatic carbocycles. The van der Waals surface area contributed by atoms with Crippen LogP contribution in [0.15, 0.2) is 12.2 Å². The zero-order valence-electron chi connectivity index (χ0n) is 17.7. The van der Waals surface area contributed by atoms with Crippen molar-refractivity contribution < 1.29 is 27.9 Å². The van der Waals surface area contributed by atoms with E-state index in [-0.39, 0.29) is 18.5 Å². The van der Waals surface area contributed by atoms with E-state index in [2.05, 4.69) is 45.9 Å². The molecular formula is C17H37O6Si3. The van der Waals surface area contributed by atoms with Crippen LogP contribution in [0.3, 0.4) is 0 Å². The summed E-state index contributed by atoms with van der Waals surface area (Å²) in [7, 11) is -5.18. The summed E-state index contributed by atoms with van der Waals surface area (Å²) in [5.74, 6) is -0.758. The molecule has 1 atom stereocenters. The van der Waals surface area contributed by atoms with Crippen LogP contribution in [0.4, 0.5) is 0 Å². The molecule has 0 bridgehead atoms. The molecule has 0 saturated carbocycles. The van der Waals surface area contributed by atoms with Crippen LogP contribution in [-0.2, 0) is 22.8 Å². The van der Waals surface area contributed by atoms with Crippen molar-refractivity contribution in [2.24, 2.45) is 0 Å². The quantitative estimate of drug-likeness (QED) is 0.161. The van der Waals surface area contributed by atoms with Crippen molar-refractivity contribution in [1.29, 1.82) is 0 Å². The van der Waals surface area contributed by atoms with Gasteiger partial charge in [0.1, 0.15) is 0 Å². The van der Waals surface area contributed by atoms with Crippen LogP contribution in [0.2, 0.25) is 45.3 Å². The van der Waals surface area contributed by atoms with E-state index >= 15 is 0 Å². The average Bonchev–Trinajstić information content (AvgIpc) is 2.41. The molecule has 0 spiro atoms. The second-order valence-electron chi connectivity index (χ2n) is 8.44. The SMILES string of the molecule is C=C(C)C(=O)OCCC[Si](OCC(C)O)C(O[Si](C)(C)C)O[Si](C)(C)C. The molecule has 1 N–H and O–H groups in total. The molecule has 0 fully saturated rings. The Morgan fingerprint density at radius 1 is 1.12 bits per heavy atom. The molecule has 0 saturated heterocycles. The van der Waals surface area contributed by atoms with Crippen molar-refractivity contribution in [2.75, 3.05) is 13.2 Å². The topological polar surface area (TPSA) is 74.2 Å². The summed E-state index contributed by atoms with van der Waals surface area (Å²) in [6.07, 6.45) is 0.115. The molecule has 0 aromatic rings. The van der Waals surface area contributed by atoms with Crippen molar-refractivity contribution in [3.8, 4) is 0 Å². The minimum Gasteiger partial charge on any atom is -0.462 e. The van der Waals surface area contributed by atoms with E-state index in [1.165, 1.54) is 0 Å². The number of carbonyl (C=O) groups excluding carboxylic acids is 1. The van der Waals surface area contributed by atoms with Crippen LogP contribution in [-0.4, -0.2) is 62.0 Å². The Labute approximate surface area is 162 Å². The van der Waals surface area contributed by atoms with E-state index in [4.69, 9.17) is 18.0 Å². The van der Waals surface area contributed by atoms with Crippen molar-refractivity contribution in [3.05, 3.63) is 12.2 Å². The normalized spacial score (nSPS) is 14.0. The summed E-state index contributed by atoms with van der Waals surface area (Å²) in [4.78, 5) is 11.5. The summed E-state index contributed by atoms with van der Waals surface area (Å²) >= 11 is 0. The van der Waals surface area contributed by atoms with Gasteiger partial charge in [-0.15, -0.1) is 0 Å². The minimum absolute atomic E-state index is 0.250. The van der Waals surface area contributed by atoms with Gasteiger partial charge in [-0.3, -0.25) is 0 Å². The highest BCUT2D eigenvalue weighted by Gasteiger charge is 2.35. The van der Waals surface area contributed by atoms with E-state index < -0.39 is 31.8 Å². The molecule has 0 heterocycles. The van der Waals surface area contributed by atoms with Gasteiger partial charge >= 0.3 is 5.97 Å². The molecule has 0 aliphatic rings. The predicted octanol–water partition coefficient (Wildman–Crippen LogP) is 3.45. The molecule has 1 unspecified atom stereocenters. The van der Waals surface area contributed by atoms with Crippen LogP contribution in [0.1, 0.15) is 20.3 Å². The highest BCUT2D eigenvalue weighted by atomic mass is 28.4. The van der Waals surface area contributed by atoms with Crippen LogP contribution in [0.25, 0.3) is 0 Å². The highest BCUT2D eigenvalue weighted by molar-refractivity contribution is 6.72. The number of aliphatic hydroxyl groups excluding tert-OH is 1. The van der Waals surface area contributed by atoms with Gasteiger partial charge in [-0.2, -0.15) is 0 Å².